The Morgan fingerprint density at radius 2 is 1.78 bits per heavy atom. The Bertz CT molecular complexity index is 1050. The van der Waals surface area contributed by atoms with E-state index in [1.54, 1.807) is 24.3 Å². The molecule has 0 unspecified atom stereocenters. The maximum absolute atomic E-state index is 12.8. The van der Waals surface area contributed by atoms with Crippen LogP contribution >= 0.6 is 0 Å². The van der Waals surface area contributed by atoms with Gasteiger partial charge in [0.1, 0.15) is 0 Å². The molecular formula is C23H20O4. The lowest BCUT2D eigenvalue weighted by molar-refractivity contribution is 0.104. The highest BCUT2D eigenvalue weighted by Gasteiger charge is 2.19. The predicted molar refractivity (Wildman–Crippen MR) is 106 cm³/mol. The number of carbonyl (C=O) groups excluding carboxylic acids is 1. The molecule has 0 heterocycles. The zero-order chi connectivity index (χ0) is 19.0. The van der Waals surface area contributed by atoms with E-state index in [9.17, 15) is 9.90 Å². The summed E-state index contributed by atoms with van der Waals surface area (Å²) < 4.78 is 10.3. The molecule has 1 aliphatic carbocycles. The first-order chi connectivity index (χ1) is 13.1. The van der Waals surface area contributed by atoms with E-state index in [0.29, 0.717) is 17.1 Å². The number of aryl methyl sites for hydroxylation is 2. The van der Waals surface area contributed by atoms with Crippen molar-refractivity contribution < 1.29 is 19.4 Å². The number of allylic oxidation sites excluding steroid dienone is 1. The molecule has 1 aliphatic rings. The zero-order valence-corrected chi connectivity index (χ0v) is 15.3. The van der Waals surface area contributed by atoms with Crippen molar-refractivity contribution in [1.82, 2.24) is 0 Å². The highest BCUT2D eigenvalue weighted by Crippen LogP contribution is 2.37. The first kappa shape index (κ1) is 17.2. The Hall–Kier alpha value is -3.27. The van der Waals surface area contributed by atoms with Crippen LogP contribution in [0.25, 0.3) is 16.8 Å². The third-order valence-electron chi connectivity index (χ3n) is 5.08. The maximum atomic E-state index is 12.8. The lowest BCUT2D eigenvalue weighted by Gasteiger charge is -2.09. The van der Waals surface area contributed by atoms with E-state index in [1.165, 1.54) is 30.6 Å². The maximum Gasteiger partial charge on any atom is 0.200 e. The molecule has 1 N–H and O–H groups in total. The number of carbonyl (C=O) groups is 1. The molecule has 0 saturated heterocycles. The van der Waals surface area contributed by atoms with Gasteiger partial charge in [0.05, 0.1) is 14.2 Å². The number of rotatable bonds is 5. The van der Waals surface area contributed by atoms with Gasteiger partial charge in [0, 0.05) is 5.56 Å². The molecule has 4 heteroatoms. The summed E-state index contributed by atoms with van der Waals surface area (Å²) in [4.78, 5) is 12.8. The summed E-state index contributed by atoms with van der Waals surface area (Å²) in [6, 6.07) is 13.6. The summed E-state index contributed by atoms with van der Waals surface area (Å²) in [7, 11) is 2.95. The Labute approximate surface area is 157 Å². The molecule has 4 nitrogen and oxygen atoms in total. The Balaban J connectivity index is 1.69. The van der Waals surface area contributed by atoms with E-state index < -0.39 is 0 Å². The van der Waals surface area contributed by atoms with Crippen molar-refractivity contribution >= 4 is 22.6 Å². The molecule has 0 aromatic heterocycles. The lowest BCUT2D eigenvalue weighted by atomic mass is 9.97. The van der Waals surface area contributed by atoms with Crippen LogP contribution in [0.3, 0.4) is 0 Å². The minimum atomic E-state index is -0.0567. The molecular weight excluding hydrogens is 340 g/mol. The van der Waals surface area contributed by atoms with E-state index in [1.807, 2.05) is 12.1 Å². The predicted octanol–water partition coefficient (Wildman–Crippen LogP) is 4.56. The van der Waals surface area contributed by atoms with Gasteiger partial charge in [0.15, 0.2) is 17.3 Å². The second-order valence-corrected chi connectivity index (χ2v) is 6.58. The van der Waals surface area contributed by atoms with Crippen LogP contribution in [-0.2, 0) is 12.8 Å². The number of hydrogen-bond donors (Lipinski definition) is 1. The molecule has 0 amide bonds. The van der Waals surface area contributed by atoms with Crippen LogP contribution in [0.15, 0.2) is 48.5 Å². The van der Waals surface area contributed by atoms with E-state index in [-0.39, 0.29) is 11.5 Å². The summed E-state index contributed by atoms with van der Waals surface area (Å²) in [5.74, 6) is 0.513. The van der Waals surface area contributed by atoms with Gasteiger partial charge in [0.2, 0.25) is 5.75 Å². The largest absolute Gasteiger partial charge is 0.502 e. The normalized spacial score (nSPS) is 12.7. The van der Waals surface area contributed by atoms with Crippen molar-refractivity contribution in [3.05, 3.63) is 70.8 Å². The van der Waals surface area contributed by atoms with Crippen molar-refractivity contribution in [2.24, 2.45) is 0 Å². The van der Waals surface area contributed by atoms with Crippen LogP contribution in [0.2, 0.25) is 0 Å². The molecule has 0 spiro atoms. The van der Waals surface area contributed by atoms with Gasteiger partial charge in [-0.05, 0) is 58.5 Å². The smallest absolute Gasteiger partial charge is 0.200 e. The van der Waals surface area contributed by atoms with Gasteiger partial charge in [-0.2, -0.15) is 0 Å². The van der Waals surface area contributed by atoms with Crippen LogP contribution < -0.4 is 9.47 Å². The summed E-state index contributed by atoms with van der Waals surface area (Å²) in [6.45, 7) is 0. The monoisotopic (exact) mass is 360 g/mol. The minimum absolute atomic E-state index is 0.0328. The van der Waals surface area contributed by atoms with E-state index in [0.717, 1.165) is 24.0 Å². The minimum Gasteiger partial charge on any atom is -0.502 e. The molecule has 0 atom stereocenters. The van der Waals surface area contributed by atoms with E-state index in [2.05, 4.69) is 18.2 Å². The van der Waals surface area contributed by atoms with E-state index in [4.69, 9.17) is 9.47 Å². The van der Waals surface area contributed by atoms with Gasteiger partial charge in [-0.3, -0.25) is 4.79 Å². The third-order valence-corrected chi connectivity index (χ3v) is 5.08. The fourth-order valence-electron chi connectivity index (χ4n) is 3.77. The second kappa shape index (κ2) is 6.80. The number of ether oxygens (including phenoxy) is 2. The van der Waals surface area contributed by atoms with Crippen LogP contribution in [-0.4, -0.2) is 25.1 Å². The average molecular weight is 360 g/mol. The number of benzene rings is 3. The van der Waals surface area contributed by atoms with Gasteiger partial charge >= 0.3 is 0 Å². The SMILES string of the molecule is COc1cc(/C=C/C(=O)c2ccc3cccc4c3c2CC4)cc(OC)c1O. The standard InChI is InChI=1S/C23H20O4/c1-26-20-12-14(13-21(27-2)23(20)25)6-11-19(24)17-9-7-15-4-3-5-16-8-10-18(17)22(15)16/h3-7,9,11-13,25H,8,10H2,1-2H3/b11-6+. The van der Waals surface area contributed by atoms with Crippen molar-refractivity contribution in [3.8, 4) is 17.2 Å². The van der Waals surface area contributed by atoms with Crippen molar-refractivity contribution in [3.63, 3.8) is 0 Å². The number of phenols is 1. The first-order valence-corrected chi connectivity index (χ1v) is 8.83. The molecule has 136 valence electrons. The number of methoxy groups -OCH3 is 2. The molecule has 0 bridgehead atoms. The van der Waals surface area contributed by atoms with Gasteiger partial charge in [-0.1, -0.05) is 36.4 Å². The molecule has 4 rings (SSSR count). The fourth-order valence-corrected chi connectivity index (χ4v) is 3.77. The van der Waals surface area contributed by atoms with Crippen LogP contribution in [0.4, 0.5) is 0 Å². The molecule has 0 saturated carbocycles. The molecule has 3 aromatic carbocycles. The second-order valence-electron chi connectivity index (χ2n) is 6.58. The van der Waals surface area contributed by atoms with Crippen molar-refractivity contribution in [2.45, 2.75) is 12.8 Å². The van der Waals surface area contributed by atoms with Gasteiger partial charge < -0.3 is 14.6 Å². The molecule has 3 aromatic rings. The van der Waals surface area contributed by atoms with E-state index >= 15 is 0 Å². The van der Waals surface area contributed by atoms with Gasteiger partial charge in [-0.15, -0.1) is 0 Å². The highest BCUT2D eigenvalue weighted by molar-refractivity contribution is 6.11. The number of hydrogen-bond acceptors (Lipinski definition) is 4. The molecule has 0 aliphatic heterocycles. The Morgan fingerprint density at radius 1 is 1.04 bits per heavy atom. The lowest BCUT2D eigenvalue weighted by Crippen LogP contribution is -1.99. The van der Waals surface area contributed by atoms with Gasteiger partial charge in [0.25, 0.3) is 0 Å². The summed E-state index contributed by atoms with van der Waals surface area (Å²) in [6.07, 6.45) is 5.15. The van der Waals surface area contributed by atoms with Gasteiger partial charge in [-0.25, -0.2) is 0 Å². The quantitative estimate of drug-likeness (QED) is 0.535. The molecule has 27 heavy (non-hydrogen) atoms. The van der Waals surface area contributed by atoms with Crippen LogP contribution in [0.5, 0.6) is 17.2 Å². The Morgan fingerprint density at radius 3 is 2.48 bits per heavy atom. The number of aromatic hydroxyl groups is 1. The zero-order valence-electron chi connectivity index (χ0n) is 15.3. The number of ketones is 1. The summed E-state index contributed by atoms with van der Waals surface area (Å²) in [5.41, 5.74) is 3.92. The van der Waals surface area contributed by atoms with Crippen LogP contribution in [0.1, 0.15) is 27.0 Å². The number of phenolic OH excluding ortho intramolecular Hbond substituents is 1. The third kappa shape index (κ3) is 2.93. The topological polar surface area (TPSA) is 55.8 Å². The average Bonchev–Trinajstić information content (AvgIpc) is 3.13. The fraction of sp³-hybridized carbons (Fsp3) is 0.174. The first-order valence-electron chi connectivity index (χ1n) is 8.83. The van der Waals surface area contributed by atoms with Crippen LogP contribution in [0, 0.1) is 0 Å². The summed E-state index contributed by atoms with van der Waals surface area (Å²) in [5, 5.41) is 12.4. The Kier molecular flexibility index (Phi) is 4.32. The summed E-state index contributed by atoms with van der Waals surface area (Å²) >= 11 is 0. The van der Waals surface area contributed by atoms with Crippen molar-refractivity contribution in [1.29, 1.82) is 0 Å². The van der Waals surface area contributed by atoms with Crippen molar-refractivity contribution in [2.75, 3.05) is 14.2 Å². The highest BCUT2D eigenvalue weighted by atomic mass is 16.5. The molecule has 0 fully saturated rings. The molecule has 0 radical (unpaired) electrons.